The minimum Gasteiger partial charge on any atom is -0.381 e. The summed E-state index contributed by atoms with van der Waals surface area (Å²) in [6.07, 6.45) is 17.7. The van der Waals surface area contributed by atoms with E-state index in [0.717, 1.165) is 36.9 Å². The van der Waals surface area contributed by atoms with Crippen molar-refractivity contribution >= 4 is 0 Å². The minimum atomic E-state index is 0.857. The molecule has 0 saturated heterocycles. The monoisotopic (exact) mass is 278 g/mol. The molecule has 0 heterocycles. The van der Waals surface area contributed by atoms with E-state index in [0.29, 0.717) is 0 Å². The zero-order valence-electron chi connectivity index (χ0n) is 13.7. The number of rotatable bonds is 6. The zero-order valence-corrected chi connectivity index (χ0v) is 13.7. The van der Waals surface area contributed by atoms with Crippen molar-refractivity contribution in [1.29, 1.82) is 0 Å². The molecular weight excluding hydrogens is 244 g/mol. The molecule has 0 spiro atoms. The molecule has 1 heteroatoms. The van der Waals surface area contributed by atoms with Crippen LogP contribution in [-0.4, -0.2) is 13.2 Å². The number of ether oxygens (including phenoxy) is 1. The molecule has 2 aliphatic rings. The highest BCUT2D eigenvalue weighted by molar-refractivity contribution is 4.91. The summed E-state index contributed by atoms with van der Waals surface area (Å²) < 4.78 is 5.60. The van der Waals surface area contributed by atoms with Gasteiger partial charge in [0.25, 0.3) is 0 Å². The summed E-state index contributed by atoms with van der Waals surface area (Å²) >= 11 is 0. The maximum atomic E-state index is 5.60. The van der Waals surface area contributed by atoms with Crippen LogP contribution in [0.1, 0.15) is 71.6 Å². The maximum Gasteiger partial charge on any atom is 0.0494 e. The molecule has 2 aliphatic carbocycles. The van der Waals surface area contributed by atoms with Crippen molar-refractivity contribution in [2.75, 3.05) is 13.2 Å². The molecule has 0 amide bonds. The van der Waals surface area contributed by atoms with E-state index in [1.54, 1.807) is 0 Å². The first-order valence-electron chi connectivity index (χ1n) is 9.07. The van der Waals surface area contributed by atoms with Gasteiger partial charge in [-0.2, -0.15) is 0 Å². The van der Waals surface area contributed by atoms with E-state index in [4.69, 9.17) is 4.74 Å². The topological polar surface area (TPSA) is 9.23 Å². The van der Waals surface area contributed by atoms with Crippen molar-refractivity contribution in [2.45, 2.75) is 71.6 Å². The second-order valence-electron chi connectivity index (χ2n) is 6.95. The lowest BCUT2D eigenvalue weighted by molar-refractivity contribution is 0.0727. The third kappa shape index (κ3) is 4.91. The zero-order chi connectivity index (χ0) is 14.2. The lowest BCUT2D eigenvalue weighted by Crippen LogP contribution is -2.26. The van der Waals surface area contributed by atoms with Crippen LogP contribution in [0.3, 0.4) is 0 Å². The second-order valence-corrected chi connectivity index (χ2v) is 6.95. The SMILES string of the molecule is CC/C=C/C1CCC(C2CCC(COCC)CC2)CC1. The van der Waals surface area contributed by atoms with Gasteiger partial charge in [-0.15, -0.1) is 0 Å². The van der Waals surface area contributed by atoms with Crippen LogP contribution in [0.5, 0.6) is 0 Å². The van der Waals surface area contributed by atoms with Gasteiger partial charge in [0, 0.05) is 13.2 Å². The summed E-state index contributed by atoms with van der Waals surface area (Å²) in [6.45, 7) is 6.24. The Morgan fingerprint density at radius 1 is 0.850 bits per heavy atom. The van der Waals surface area contributed by atoms with E-state index in [1.807, 2.05) is 0 Å². The maximum absolute atomic E-state index is 5.60. The van der Waals surface area contributed by atoms with E-state index in [9.17, 15) is 0 Å². The molecule has 0 unspecified atom stereocenters. The average molecular weight is 278 g/mol. The summed E-state index contributed by atoms with van der Waals surface area (Å²) in [5, 5.41) is 0. The van der Waals surface area contributed by atoms with Crippen molar-refractivity contribution in [3.05, 3.63) is 12.2 Å². The van der Waals surface area contributed by atoms with E-state index in [-0.39, 0.29) is 0 Å². The van der Waals surface area contributed by atoms with E-state index in [2.05, 4.69) is 26.0 Å². The van der Waals surface area contributed by atoms with Gasteiger partial charge in [0.2, 0.25) is 0 Å². The van der Waals surface area contributed by atoms with Crippen molar-refractivity contribution in [1.82, 2.24) is 0 Å². The van der Waals surface area contributed by atoms with Gasteiger partial charge in [0.05, 0.1) is 0 Å². The third-order valence-electron chi connectivity index (χ3n) is 5.58. The van der Waals surface area contributed by atoms with Crippen LogP contribution in [-0.2, 0) is 4.74 Å². The smallest absolute Gasteiger partial charge is 0.0494 e. The summed E-state index contributed by atoms with van der Waals surface area (Å²) in [5.74, 6) is 3.81. The summed E-state index contributed by atoms with van der Waals surface area (Å²) in [6, 6.07) is 0. The van der Waals surface area contributed by atoms with Gasteiger partial charge in [0.15, 0.2) is 0 Å². The number of hydrogen-bond acceptors (Lipinski definition) is 1. The largest absolute Gasteiger partial charge is 0.381 e. The standard InChI is InChI=1S/C19H34O/c1-3-5-6-16-7-11-18(12-8-16)19-13-9-17(10-14-19)15-20-4-2/h5-6,16-19H,3-4,7-15H2,1-2H3/b6-5+. The molecule has 0 radical (unpaired) electrons. The summed E-state index contributed by atoms with van der Waals surface area (Å²) in [5.41, 5.74) is 0. The van der Waals surface area contributed by atoms with Crippen LogP contribution in [0, 0.1) is 23.7 Å². The van der Waals surface area contributed by atoms with Gasteiger partial charge < -0.3 is 4.74 Å². The van der Waals surface area contributed by atoms with Crippen LogP contribution < -0.4 is 0 Å². The van der Waals surface area contributed by atoms with E-state index >= 15 is 0 Å². The molecule has 116 valence electrons. The van der Waals surface area contributed by atoms with Crippen molar-refractivity contribution < 1.29 is 4.74 Å². The van der Waals surface area contributed by atoms with E-state index < -0.39 is 0 Å². The molecule has 2 rings (SSSR count). The summed E-state index contributed by atoms with van der Waals surface area (Å²) in [4.78, 5) is 0. The third-order valence-corrected chi connectivity index (χ3v) is 5.58. The van der Waals surface area contributed by atoms with Crippen molar-refractivity contribution in [3.63, 3.8) is 0 Å². The highest BCUT2D eigenvalue weighted by atomic mass is 16.5. The average Bonchev–Trinajstić information content (AvgIpc) is 2.52. The van der Waals surface area contributed by atoms with Gasteiger partial charge in [-0.1, -0.05) is 19.1 Å². The van der Waals surface area contributed by atoms with Gasteiger partial charge in [-0.25, -0.2) is 0 Å². The first-order valence-corrected chi connectivity index (χ1v) is 9.07. The molecule has 1 nitrogen and oxygen atoms in total. The first-order chi connectivity index (χ1) is 9.83. The normalized spacial score (nSPS) is 35.5. The molecule has 2 saturated carbocycles. The second kappa shape index (κ2) is 8.87. The van der Waals surface area contributed by atoms with Gasteiger partial charge in [-0.3, -0.25) is 0 Å². The van der Waals surface area contributed by atoms with Gasteiger partial charge in [0.1, 0.15) is 0 Å². The Balaban J connectivity index is 1.66. The lowest BCUT2D eigenvalue weighted by Gasteiger charge is -2.37. The molecule has 0 aromatic carbocycles. The number of hydrogen-bond donors (Lipinski definition) is 0. The van der Waals surface area contributed by atoms with Gasteiger partial charge >= 0.3 is 0 Å². The Morgan fingerprint density at radius 3 is 2.00 bits per heavy atom. The van der Waals surface area contributed by atoms with Crippen LogP contribution in [0.25, 0.3) is 0 Å². The first kappa shape index (κ1) is 16.1. The molecule has 0 aliphatic heterocycles. The fourth-order valence-corrected chi connectivity index (χ4v) is 4.25. The Bertz CT molecular complexity index is 267. The Hall–Kier alpha value is -0.300. The van der Waals surface area contributed by atoms with Gasteiger partial charge in [-0.05, 0) is 88.4 Å². The van der Waals surface area contributed by atoms with E-state index in [1.165, 1.54) is 57.8 Å². The summed E-state index contributed by atoms with van der Waals surface area (Å²) in [7, 11) is 0. The molecular formula is C19H34O. The molecule has 0 aromatic heterocycles. The highest BCUT2D eigenvalue weighted by Gasteiger charge is 2.30. The fraction of sp³-hybridized carbons (Fsp3) is 0.895. The Labute approximate surface area is 126 Å². The van der Waals surface area contributed by atoms with Crippen molar-refractivity contribution in [3.8, 4) is 0 Å². The molecule has 0 aromatic rings. The fourth-order valence-electron chi connectivity index (χ4n) is 4.25. The lowest BCUT2D eigenvalue weighted by atomic mass is 9.69. The molecule has 0 atom stereocenters. The quantitative estimate of drug-likeness (QED) is 0.574. The Kier molecular flexibility index (Phi) is 7.13. The number of allylic oxidation sites excluding steroid dienone is 2. The highest BCUT2D eigenvalue weighted by Crippen LogP contribution is 2.41. The molecule has 20 heavy (non-hydrogen) atoms. The molecule has 0 bridgehead atoms. The van der Waals surface area contributed by atoms with Crippen molar-refractivity contribution in [2.24, 2.45) is 23.7 Å². The predicted octanol–water partition coefficient (Wildman–Crippen LogP) is 5.60. The van der Waals surface area contributed by atoms with Crippen LogP contribution in [0.4, 0.5) is 0 Å². The van der Waals surface area contributed by atoms with Crippen LogP contribution in [0.15, 0.2) is 12.2 Å². The Morgan fingerprint density at radius 2 is 1.45 bits per heavy atom. The van der Waals surface area contributed by atoms with Crippen LogP contribution in [0.2, 0.25) is 0 Å². The molecule has 0 N–H and O–H groups in total. The molecule has 2 fully saturated rings. The predicted molar refractivity (Wildman–Crippen MR) is 86.8 cm³/mol. The minimum absolute atomic E-state index is 0.857. The van der Waals surface area contributed by atoms with Crippen LogP contribution >= 0.6 is 0 Å².